The van der Waals surface area contributed by atoms with Crippen LogP contribution in [0.4, 0.5) is 5.69 Å². The Balaban J connectivity index is 2.35. The Morgan fingerprint density at radius 1 is 1.23 bits per heavy atom. The highest BCUT2D eigenvalue weighted by atomic mass is 16.6. The highest BCUT2D eigenvalue weighted by Gasteiger charge is 2.25. The minimum absolute atomic E-state index is 0.119. The van der Waals surface area contributed by atoms with Crippen molar-refractivity contribution in [2.45, 2.75) is 13.0 Å². The van der Waals surface area contributed by atoms with Crippen molar-refractivity contribution in [3.8, 4) is 11.5 Å². The van der Waals surface area contributed by atoms with Crippen molar-refractivity contribution in [3.05, 3.63) is 63.7 Å². The van der Waals surface area contributed by atoms with Gasteiger partial charge in [-0.05, 0) is 37.3 Å². The van der Waals surface area contributed by atoms with Gasteiger partial charge in [-0.25, -0.2) is 4.79 Å². The van der Waals surface area contributed by atoms with Crippen LogP contribution in [0.5, 0.6) is 11.5 Å². The number of aldehydes is 1. The van der Waals surface area contributed by atoms with E-state index >= 15 is 0 Å². The SMILES string of the molecule is CCOc1ccc(OC(C(=O)OC)c2ccc([N+](=O)[O-])cc2)c(C=O)c1. The molecule has 0 bridgehead atoms. The molecule has 0 aliphatic rings. The smallest absolute Gasteiger partial charge is 0.351 e. The fraction of sp³-hybridized carbons (Fsp3) is 0.222. The van der Waals surface area contributed by atoms with Crippen LogP contribution < -0.4 is 9.47 Å². The minimum atomic E-state index is -1.18. The molecule has 0 aliphatic heterocycles. The zero-order valence-electron chi connectivity index (χ0n) is 14.2. The molecule has 0 amide bonds. The number of hydrogen-bond donors (Lipinski definition) is 0. The van der Waals surface area contributed by atoms with Crippen LogP contribution in [-0.2, 0) is 9.53 Å². The van der Waals surface area contributed by atoms with Gasteiger partial charge in [0.2, 0.25) is 6.10 Å². The van der Waals surface area contributed by atoms with E-state index in [1.165, 1.54) is 43.5 Å². The maximum Gasteiger partial charge on any atom is 0.351 e. The van der Waals surface area contributed by atoms with Crippen LogP contribution in [-0.4, -0.2) is 30.9 Å². The summed E-state index contributed by atoms with van der Waals surface area (Å²) < 4.78 is 15.7. The number of hydrogen-bond acceptors (Lipinski definition) is 7. The number of ether oxygens (including phenoxy) is 3. The Kier molecular flexibility index (Phi) is 6.26. The van der Waals surface area contributed by atoms with E-state index in [0.29, 0.717) is 24.2 Å². The summed E-state index contributed by atoms with van der Waals surface area (Å²) in [5.74, 6) is -0.0475. The molecule has 0 fully saturated rings. The summed E-state index contributed by atoms with van der Waals surface area (Å²) in [6.45, 7) is 2.25. The molecule has 2 rings (SSSR count). The summed E-state index contributed by atoms with van der Waals surface area (Å²) in [5, 5.41) is 10.8. The predicted octanol–water partition coefficient (Wildman–Crippen LogP) is 3.10. The molecule has 0 saturated heterocycles. The topological polar surface area (TPSA) is 105 Å². The third-order valence-electron chi connectivity index (χ3n) is 3.49. The number of nitrogens with zero attached hydrogens (tertiary/aromatic N) is 1. The third-order valence-corrected chi connectivity index (χ3v) is 3.49. The molecular weight excluding hydrogens is 342 g/mol. The average molecular weight is 359 g/mol. The molecule has 26 heavy (non-hydrogen) atoms. The largest absolute Gasteiger partial charge is 0.494 e. The van der Waals surface area contributed by atoms with Crippen molar-refractivity contribution in [1.82, 2.24) is 0 Å². The molecule has 0 N–H and O–H groups in total. The van der Waals surface area contributed by atoms with E-state index in [2.05, 4.69) is 0 Å². The molecular formula is C18H17NO7. The van der Waals surface area contributed by atoms with Gasteiger partial charge in [0, 0.05) is 17.7 Å². The number of esters is 1. The molecule has 1 atom stereocenters. The maximum atomic E-state index is 12.1. The van der Waals surface area contributed by atoms with E-state index in [9.17, 15) is 19.7 Å². The highest BCUT2D eigenvalue weighted by Crippen LogP contribution is 2.29. The van der Waals surface area contributed by atoms with Crippen LogP contribution in [0, 0.1) is 10.1 Å². The molecule has 8 heteroatoms. The number of carbonyl (C=O) groups is 2. The van der Waals surface area contributed by atoms with E-state index in [0.717, 1.165) is 0 Å². The van der Waals surface area contributed by atoms with E-state index in [1.54, 1.807) is 6.07 Å². The molecule has 1 unspecified atom stereocenters. The Morgan fingerprint density at radius 2 is 1.92 bits per heavy atom. The molecule has 0 heterocycles. The van der Waals surface area contributed by atoms with Gasteiger partial charge >= 0.3 is 5.97 Å². The lowest BCUT2D eigenvalue weighted by atomic mass is 10.1. The first-order chi connectivity index (χ1) is 12.5. The molecule has 136 valence electrons. The first-order valence-electron chi connectivity index (χ1n) is 7.71. The summed E-state index contributed by atoms with van der Waals surface area (Å²) in [6.07, 6.45) is -0.598. The summed E-state index contributed by atoms with van der Waals surface area (Å²) in [7, 11) is 1.20. The van der Waals surface area contributed by atoms with Gasteiger partial charge in [0.25, 0.3) is 5.69 Å². The monoisotopic (exact) mass is 359 g/mol. The molecule has 2 aromatic rings. The van der Waals surface area contributed by atoms with Crippen molar-refractivity contribution in [3.63, 3.8) is 0 Å². The number of carbonyl (C=O) groups excluding carboxylic acids is 2. The average Bonchev–Trinajstić information content (AvgIpc) is 2.66. The van der Waals surface area contributed by atoms with E-state index in [-0.39, 0.29) is 17.0 Å². The number of non-ortho nitro benzene ring substituents is 1. The van der Waals surface area contributed by atoms with E-state index in [1.807, 2.05) is 6.92 Å². The van der Waals surface area contributed by atoms with Crippen LogP contribution in [0.25, 0.3) is 0 Å². The molecule has 0 aromatic heterocycles. The molecule has 0 aliphatic carbocycles. The van der Waals surface area contributed by atoms with Crippen LogP contribution in [0.15, 0.2) is 42.5 Å². The predicted molar refractivity (Wildman–Crippen MR) is 91.5 cm³/mol. The van der Waals surface area contributed by atoms with Gasteiger partial charge in [-0.3, -0.25) is 14.9 Å². The van der Waals surface area contributed by atoms with Gasteiger partial charge in [-0.1, -0.05) is 0 Å². The lowest BCUT2D eigenvalue weighted by Gasteiger charge is -2.18. The van der Waals surface area contributed by atoms with Crippen molar-refractivity contribution >= 4 is 17.9 Å². The van der Waals surface area contributed by atoms with Gasteiger partial charge < -0.3 is 14.2 Å². The lowest BCUT2D eigenvalue weighted by molar-refractivity contribution is -0.384. The van der Waals surface area contributed by atoms with E-state index < -0.39 is 17.0 Å². The molecule has 0 radical (unpaired) electrons. The van der Waals surface area contributed by atoms with Crippen LogP contribution in [0.1, 0.15) is 28.9 Å². The molecule has 2 aromatic carbocycles. The standard InChI is InChI=1S/C18H17NO7/c1-3-25-15-8-9-16(13(10-15)11-20)26-17(18(21)24-2)12-4-6-14(7-5-12)19(22)23/h4-11,17H,3H2,1-2H3. The first-order valence-corrected chi connectivity index (χ1v) is 7.71. The summed E-state index contributed by atoms with van der Waals surface area (Å²) in [6, 6.07) is 9.92. The zero-order chi connectivity index (χ0) is 19.1. The van der Waals surface area contributed by atoms with Gasteiger partial charge in [0.15, 0.2) is 6.29 Å². The van der Waals surface area contributed by atoms with Crippen molar-refractivity contribution in [2.75, 3.05) is 13.7 Å². The van der Waals surface area contributed by atoms with Crippen molar-refractivity contribution in [1.29, 1.82) is 0 Å². The number of methoxy groups -OCH3 is 1. The Morgan fingerprint density at radius 3 is 2.46 bits per heavy atom. The number of nitro groups is 1. The summed E-state index contributed by atoms with van der Waals surface area (Å²) in [4.78, 5) is 33.7. The fourth-order valence-electron chi connectivity index (χ4n) is 2.24. The minimum Gasteiger partial charge on any atom is -0.494 e. The second-order valence-electron chi connectivity index (χ2n) is 5.12. The Bertz CT molecular complexity index is 802. The maximum absolute atomic E-state index is 12.1. The third kappa shape index (κ3) is 4.35. The van der Waals surface area contributed by atoms with Crippen molar-refractivity contribution < 1.29 is 28.7 Å². The van der Waals surface area contributed by atoms with Gasteiger partial charge in [-0.15, -0.1) is 0 Å². The van der Waals surface area contributed by atoms with Gasteiger partial charge in [-0.2, -0.15) is 0 Å². The van der Waals surface area contributed by atoms with Gasteiger partial charge in [0.05, 0.1) is 24.2 Å². The quantitative estimate of drug-likeness (QED) is 0.309. The molecule has 0 spiro atoms. The Labute approximate surface area is 149 Å². The first kappa shape index (κ1) is 18.9. The summed E-state index contributed by atoms with van der Waals surface area (Å²) >= 11 is 0. The van der Waals surface area contributed by atoms with Crippen LogP contribution in [0.3, 0.4) is 0 Å². The molecule has 0 saturated carbocycles. The fourth-order valence-corrected chi connectivity index (χ4v) is 2.24. The number of rotatable bonds is 8. The number of nitro benzene ring substituents is 1. The second kappa shape index (κ2) is 8.61. The lowest BCUT2D eigenvalue weighted by Crippen LogP contribution is -2.20. The second-order valence-corrected chi connectivity index (χ2v) is 5.12. The molecule has 8 nitrogen and oxygen atoms in total. The van der Waals surface area contributed by atoms with E-state index in [4.69, 9.17) is 14.2 Å². The van der Waals surface area contributed by atoms with Crippen LogP contribution >= 0.6 is 0 Å². The van der Waals surface area contributed by atoms with Crippen LogP contribution in [0.2, 0.25) is 0 Å². The summed E-state index contributed by atoms with van der Waals surface area (Å²) in [5.41, 5.74) is 0.437. The number of benzene rings is 2. The zero-order valence-corrected chi connectivity index (χ0v) is 14.2. The van der Waals surface area contributed by atoms with Gasteiger partial charge in [0.1, 0.15) is 11.5 Å². The Hall–Kier alpha value is -3.42. The van der Waals surface area contributed by atoms with Crippen molar-refractivity contribution in [2.24, 2.45) is 0 Å². The highest BCUT2D eigenvalue weighted by molar-refractivity contribution is 5.81. The normalized spacial score (nSPS) is 11.3.